The molecule has 0 bridgehead atoms. The van der Waals surface area contributed by atoms with Crippen molar-refractivity contribution in [2.45, 2.75) is 26.7 Å². The van der Waals surface area contributed by atoms with Gasteiger partial charge in [-0.1, -0.05) is 30.9 Å². The second kappa shape index (κ2) is 3.20. The third-order valence-corrected chi connectivity index (χ3v) is 2.65. The SMILES string of the molecule is [B]c1cc2cc(C(C)C)[nH]c2cc1C. The Morgan fingerprint density at radius 3 is 2.57 bits per heavy atom. The summed E-state index contributed by atoms with van der Waals surface area (Å²) in [6.07, 6.45) is 0. The summed E-state index contributed by atoms with van der Waals surface area (Å²) in [5.41, 5.74) is 4.45. The highest BCUT2D eigenvalue weighted by Gasteiger charge is 2.05. The molecule has 2 radical (unpaired) electrons. The van der Waals surface area contributed by atoms with Crippen molar-refractivity contribution in [2.75, 3.05) is 0 Å². The normalized spacial score (nSPS) is 11.4. The molecule has 0 unspecified atom stereocenters. The molecule has 0 spiro atoms. The molecule has 1 aromatic heterocycles. The molecular formula is C12H14BN. The fourth-order valence-corrected chi connectivity index (χ4v) is 1.64. The average Bonchev–Trinajstić information content (AvgIpc) is 2.48. The standard InChI is InChI=1S/C12H14BN/c1-7(2)11-6-9-5-10(13)8(3)4-12(9)14-11/h4-7,14H,1-3H3. The summed E-state index contributed by atoms with van der Waals surface area (Å²) in [6, 6.07) is 6.32. The lowest BCUT2D eigenvalue weighted by atomic mass is 9.90. The first-order valence-corrected chi connectivity index (χ1v) is 4.96. The zero-order chi connectivity index (χ0) is 10.3. The molecule has 0 atom stereocenters. The molecular weight excluding hydrogens is 169 g/mol. The van der Waals surface area contributed by atoms with Crippen LogP contribution >= 0.6 is 0 Å². The molecule has 1 heterocycles. The molecule has 2 rings (SSSR count). The van der Waals surface area contributed by atoms with Crippen LogP contribution in [0.15, 0.2) is 18.2 Å². The van der Waals surface area contributed by atoms with Crippen LogP contribution in [0.3, 0.4) is 0 Å². The number of benzene rings is 1. The van der Waals surface area contributed by atoms with Crippen molar-refractivity contribution in [1.29, 1.82) is 0 Å². The van der Waals surface area contributed by atoms with Gasteiger partial charge in [-0.2, -0.15) is 0 Å². The molecule has 0 aliphatic heterocycles. The van der Waals surface area contributed by atoms with E-state index in [1.165, 1.54) is 16.6 Å². The Bertz CT molecular complexity index is 429. The highest BCUT2D eigenvalue weighted by molar-refractivity contribution is 6.34. The lowest BCUT2D eigenvalue weighted by Gasteiger charge is -1.99. The van der Waals surface area contributed by atoms with Crippen molar-refractivity contribution in [3.8, 4) is 0 Å². The van der Waals surface area contributed by atoms with Crippen molar-refractivity contribution in [3.63, 3.8) is 0 Å². The minimum absolute atomic E-state index is 0.531. The molecule has 0 aliphatic rings. The van der Waals surface area contributed by atoms with Gasteiger partial charge in [0, 0.05) is 11.2 Å². The Morgan fingerprint density at radius 1 is 1.21 bits per heavy atom. The van der Waals surface area contributed by atoms with E-state index in [-0.39, 0.29) is 0 Å². The van der Waals surface area contributed by atoms with E-state index in [0.717, 1.165) is 11.0 Å². The number of aromatic nitrogens is 1. The molecule has 2 aromatic rings. The summed E-state index contributed by atoms with van der Waals surface area (Å²) < 4.78 is 0. The number of fused-ring (bicyclic) bond motifs is 1. The summed E-state index contributed by atoms with van der Waals surface area (Å²) in [5.74, 6) is 0.531. The average molecular weight is 183 g/mol. The number of hydrogen-bond donors (Lipinski definition) is 1. The van der Waals surface area contributed by atoms with Crippen LogP contribution in [0.25, 0.3) is 10.9 Å². The summed E-state index contributed by atoms with van der Waals surface area (Å²) in [5, 5.41) is 1.21. The third kappa shape index (κ3) is 1.45. The highest BCUT2D eigenvalue weighted by Crippen LogP contribution is 2.20. The van der Waals surface area contributed by atoms with E-state index in [1.807, 2.05) is 13.0 Å². The minimum Gasteiger partial charge on any atom is -0.358 e. The molecule has 14 heavy (non-hydrogen) atoms. The minimum atomic E-state index is 0.531. The van der Waals surface area contributed by atoms with E-state index in [2.05, 4.69) is 31.0 Å². The van der Waals surface area contributed by atoms with Crippen LogP contribution in [0.5, 0.6) is 0 Å². The van der Waals surface area contributed by atoms with Gasteiger partial charge in [0.05, 0.1) is 0 Å². The van der Waals surface area contributed by atoms with Crippen LogP contribution in [0.4, 0.5) is 0 Å². The van der Waals surface area contributed by atoms with Gasteiger partial charge < -0.3 is 4.98 Å². The first kappa shape index (κ1) is 9.38. The molecule has 0 amide bonds. The highest BCUT2D eigenvalue weighted by atomic mass is 14.7. The molecule has 0 saturated heterocycles. The third-order valence-electron chi connectivity index (χ3n) is 2.65. The summed E-state index contributed by atoms with van der Waals surface area (Å²) in [7, 11) is 5.86. The number of hydrogen-bond acceptors (Lipinski definition) is 0. The van der Waals surface area contributed by atoms with E-state index in [4.69, 9.17) is 7.85 Å². The number of rotatable bonds is 1. The molecule has 0 saturated carbocycles. The van der Waals surface area contributed by atoms with Gasteiger partial charge in [-0.15, -0.1) is 0 Å². The lowest BCUT2D eigenvalue weighted by Crippen LogP contribution is -2.05. The first-order chi connectivity index (χ1) is 6.58. The van der Waals surface area contributed by atoms with Gasteiger partial charge in [0.1, 0.15) is 7.85 Å². The van der Waals surface area contributed by atoms with Gasteiger partial charge in [-0.25, -0.2) is 0 Å². The molecule has 1 nitrogen and oxygen atoms in total. The predicted molar refractivity (Wildman–Crippen MR) is 62.5 cm³/mol. The van der Waals surface area contributed by atoms with Crippen LogP contribution in [0.2, 0.25) is 0 Å². The van der Waals surface area contributed by atoms with Crippen molar-refractivity contribution < 1.29 is 0 Å². The maximum atomic E-state index is 5.86. The molecule has 1 aromatic carbocycles. The molecule has 2 heteroatoms. The zero-order valence-corrected chi connectivity index (χ0v) is 8.89. The lowest BCUT2D eigenvalue weighted by molar-refractivity contribution is 0.836. The largest absolute Gasteiger partial charge is 0.358 e. The van der Waals surface area contributed by atoms with Gasteiger partial charge in [0.25, 0.3) is 0 Å². The predicted octanol–water partition coefficient (Wildman–Crippen LogP) is 2.39. The fourth-order valence-electron chi connectivity index (χ4n) is 1.64. The van der Waals surface area contributed by atoms with Crippen LogP contribution < -0.4 is 5.46 Å². The molecule has 0 aliphatic carbocycles. The number of aryl methyl sites for hydroxylation is 1. The van der Waals surface area contributed by atoms with E-state index in [0.29, 0.717) is 5.92 Å². The number of nitrogens with one attached hydrogen (secondary N) is 1. The van der Waals surface area contributed by atoms with Crippen LogP contribution in [0.1, 0.15) is 31.0 Å². The number of aromatic amines is 1. The quantitative estimate of drug-likeness (QED) is 0.653. The maximum absolute atomic E-state index is 5.86. The van der Waals surface area contributed by atoms with Gasteiger partial charge in [-0.05, 0) is 30.4 Å². The molecule has 0 fully saturated rings. The number of H-pyrrole nitrogens is 1. The Morgan fingerprint density at radius 2 is 1.93 bits per heavy atom. The molecule has 70 valence electrons. The van der Waals surface area contributed by atoms with Crippen molar-refractivity contribution in [3.05, 3.63) is 29.5 Å². The Balaban J connectivity index is 2.66. The van der Waals surface area contributed by atoms with Crippen molar-refractivity contribution in [1.82, 2.24) is 4.98 Å². The fraction of sp³-hybridized carbons (Fsp3) is 0.333. The van der Waals surface area contributed by atoms with E-state index >= 15 is 0 Å². The topological polar surface area (TPSA) is 15.8 Å². The Hall–Kier alpha value is -1.18. The maximum Gasteiger partial charge on any atom is 0.114 e. The molecule has 1 N–H and O–H groups in total. The Kier molecular flexibility index (Phi) is 2.14. The van der Waals surface area contributed by atoms with Gasteiger partial charge in [0.2, 0.25) is 0 Å². The smallest absolute Gasteiger partial charge is 0.114 e. The first-order valence-electron chi connectivity index (χ1n) is 4.96. The summed E-state index contributed by atoms with van der Waals surface area (Å²) in [6.45, 7) is 6.40. The zero-order valence-electron chi connectivity index (χ0n) is 8.89. The van der Waals surface area contributed by atoms with Gasteiger partial charge in [-0.3, -0.25) is 0 Å². The van der Waals surface area contributed by atoms with Crippen LogP contribution in [-0.4, -0.2) is 12.8 Å². The van der Waals surface area contributed by atoms with Gasteiger partial charge in [0.15, 0.2) is 0 Å². The van der Waals surface area contributed by atoms with Crippen LogP contribution in [0, 0.1) is 6.92 Å². The monoisotopic (exact) mass is 183 g/mol. The van der Waals surface area contributed by atoms with Gasteiger partial charge >= 0.3 is 0 Å². The Labute approximate surface area is 85.9 Å². The second-order valence-electron chi connectivity index (χ2n) is 4.18. The van der Waals surface area contributed by atoms with Crippen molar-refractivity contribution >= 4 is 24.2 Å². The summed E-state index contributed by atoms with van der Waals surface area (Å²) >= 11 is 0. The summed E-state index contributed by atoms with van der Waals surface area (Å²) in [4.78, 5) is 3.41. The van der Waals surface area contributed by atoms with E-state index in [9.17, 15) is 0 Å². The van der Waals surface area contributed by atoms with E-state index in [1.54, 1.807) is 0 Å². The van der Waals surface area contributed by atoms with Crippen LogP contribution in [-0.2, 0) is 0 Å². The van der Waals surface area contributed by atoms with Crippen molar-refractivity contribution in [2.24, 2.45) is 0 Å². The van der Waals surface area contributed by atoms with E-state index < -0.39 is 0 Å². The second-order valence-corrected chi connectivity index (χ2v) is 4.18.